The second kappa shape index (κ2) is 13.8. The number of fused-ring (bicyclic) bond motifs is 1. The van der Waals surface area contributed by atoms with Gasteiger partial charge < -0.3 is 33.5 Å². The van der Waals surface area contributed by atoms with Gasteiger partial charge in [-0.05, 0) is 52.2 Å². The zero-order valence-electron chi connectivity index (χ0n) is 29.4. The molecule has 1 saturated heterocycles. The van der Waals surface area contributed by atoms with Gasteiger partial charge in [0.05, 0.1) is 28.6 Å². The van der Waals surface area contributed by atoms with Crippen LogP contribution in [-0.2, 0) is 47.6 Å². The van der Waals surface area contributed by atoms with E-state index in [-0.39, 0.29) is 18.4 Å². The molecular formula is C36H50O12. The summed E-state index contributed by atoms with van der Waals surface area (Å²) in [5.74, 6) is -5.09. The molecule has 1 heterocycles. The highest BCUT2D eigenvalue weighted by Gasteiger charge is 2.86. The molecule has 0 radical (unpaired) electrons. The molecule has 48 heavy (non-hydrogen) atoms. The lowest BCUT2D eigenvalue weighted by Gasteiger charge is -2.65. The molecule has 3 aliphatic rings. The Morgan fingerprint density at radius 3 is 2.00 bits per heavy atom. The van der Waals surface area contributed by atoms with Crippen LogP contribution in [-0.4, -0.2) is 82.8 Å². The molecule has 2 aliphatic carbocycles. The van der Waals surface area contributed by atoms with Gasteiger partial charge in [0.1, 0.15) is 30.3 Å². The Morgan fingerprint density at radius 1 is 0.854 bits per heavy atom. The number of hydrogen-bond donors (Lipinski definition) is 1. The minimum atomic E-state index is -2.01. The first-order valence-electron chi connectivity index (χ1n) is 16.8. The average Bonchev–Trinajstić information content (AvgIpc) is 3.19. The highest BCUT2D eigenvalue weighted by molar-refractivity contribution is 5.89. The molecule has 1 aromatic rings. The van der Waals surface area contributed by atoms with Crippen LogP contribution in [0.25, 0.3) is 0 Å². The van der Waals surface area contributed by atoms with Crippen LogP contribution in [0.5, 0.6) is 0 Å². The van der Waals surface area contributed by atoms with Crippen LogP contribution in [0, 0.1) is 23.2 Å². The Kier molecular flexibility index (Phi) is 10.7. The van der Waals surface area contributed by atoms with Gasteiger partial charge in [0, 0.05) is 26.2 Å². The van der Waals surface area contributed by atoms with Crippen LogP contribution in [0.15, 0.2) is 30.3 Å². The molecule has 2 bridgehead atoms. The third-order valence-electron chi connectivity index (χ3n) is 10.7. The molecule has 1 N–H and O–H groups in total. The lowest BCUT2D eigenvalue weighted by Crippen LogP contribution is -2.83. The molecule has 266 valence electrons. The van der Waals surface area contributed by atoms with Crippen molar-refractivity contribution >= 4 is 29.8 Å². The van der Waals surface area contributed by atoms with Crippen molar-refractivity contribution in [3.63, 3.8) is 0 Å². The van der Waals surface area contributed by atoms with E-state index in [1.165, 1.54) is 20.8 Å². The number of aliphatic hydroxyl groups is 1. The summed E-state index contributed by atoms with van der Waals surface area (Å²) in [5, 5.41) is 12.7. The number of carbonyl (C=O) groups excluding carboxylic acids is 5. The number of rotatable bonds is 11. The zero-order valence-corrected chi connectivity index (χ0v) is 29.4. The van der Waals surface area contributed by atoms with E-state index in [1.807, 2.05) is 13.8 Å². The number of benzene rings is 1. The van der Waals surface area contributed by atoms with Crippen LogP contribution < -0.4 is 0 Å². The Hall–Kier alpha value is -3.51. The first-order valence-corrected chi connectivity index (χ1v) is 16.8. The normalized spacial score (nSPS) is 34.5. The molecule has 2 saturated carbocycles. The van der Waals surface area contributed by atoms with Crippen molar-refractivity contribution in [2.24, 2.45) is 23.2 Å². The SMILES string of the molecule is CC[C@@H](C)C(=O)OC[C@]12[C@@H](OC(=O)[C@H](C)CC)C[C@@H]3[C@@H](OC(C)=O)[C@]1(OC3(C)C)[C@@](C)(O)C[C@H](OC(C)=O)[C@@H]2OC(=O)c1ccccc1. The Labute approximate surface area is 282 Å². The van der Waals surface area contributed by atoms with Crippen LogP contribution in [0.1, 0.15) is 98.4 Å². The summed E-state index contributed by atoms with van der Waals surface area (Å²) in [6.07, 6.45) is -4.69. The molecule has 4 rings (SSSR count). The molecule has 3 fully saturated rings. The second-order valence-corrected chi connectivity index (χ2v) is 14.3. The van der Waals surface area contributed by atoms with Gasteiger partial charge >= 0.3 is 29.8 Å². The number of esters is 5. The third kappa shape index (κ3) is 6.33. The molecule has 10 atom stereocenters. The van der Waals surface area contributed by atoms with Crippen molar-refractivity contribution in [3.8, 4) is 0 Å². The van der Waals surface area contributed by atoms with Crippen LogP contribution in [0.4, 0.5) is 0 Å². The maximum Gasteiger partial charge on any atom is 0.338 e. The summed E-state index contributed by atoms with van der Waals surface area (Å²) in [4.78, 5) is 66.4. The van der Waals surface area contributed by atoms with Gasteiger partial charge in [0.25, 0.3) is 0 Å². The Balaban J connectivity index is 2.09. The van der Waals surface area contributed by atoms with Crippen LogP contribution >= 0.6 is 0 Å². The monoisotopic (exact) mass is 674 g/mol. The summed E-state index contributed by atoms with van der Waals surface area (Å²) >= 11 is 0. The van der Waals surface area contributed by atoms with Gasteiger partial charge in [-0.3, -0.25) is 19.2 Å². The van der Waals surface area contributed by atoms with Crippen molar-refractivity contribution in [1.29, 1.82) is 0 Å². The third-order valence-corrected chi connectivity index (χ3v) is 10.7. The van der Waals surface area contributed by atoms with Crippen molar-refractivity contribution in [3.05, 3.63) is 35.9 Å². The van der Waals surface area contributed by atoms with Gasteiger partial charge in [0.15, 0.2) is 11.7 Å². The van der Waals surface area contributed by atoms with E-state index in [9.17, 15) is 29.1 Å². The zero-order chi connectivity index (χ0) is 35.8. The standard InChI is InChI=1S/C36H50O12/c1-10-20(3)30(39)43-19-35-27(46-31(40)21(4)11-2)17-25-28(45-23(6)38)36(35,48-33(25,7)8)34(9,42)18-26(44-22(5)37)29(35)47-32(41)24-15-13-12-14-16-24/h12-16,20-21,25-29,42H,10-11,17-19H2,1-9H3/t20-,21-,25-,26+,27+,28-,29+,34+,35-,36+/m1/s1. The van der Waals surface area contributed by atoms with Crippen molar-refractivity contribution in [1.82, 2.24) is 0 Å². The summed E-state index contributed by atoms with van der Waals surface area (Å²) in [5.41, 5.74) is -6.90. The van der Waals surface area contributed by atoms with Gasteiger partial charge in [-0.15, -0.1) is 0 Å². The van der Waals surface area contributed by atoms with Crippen LogP contribution in [0.3, 0.4) is 0 Å². The van der Waals surface area contributed by atoms with E-state index in [1.54, 1.807) is 58.0 Å². The fourth-order valence-corrected chi connectivity index (χ4v) is 7.90. The highest BCUT2D eigenvalue weighted by atomic mass is 16.6. The molecule has 0 amide bonds. The summed E-state index contributed by atoms with van der Waals surface area (Å²) < 4.78 is 37.4. The van der Waals surface area contributed by atoms with E-state index >= 15 is 0 Å². The van der Waals surface area contributed by atoms with Gasteiger partial charge in [-0.25, -0.2) is 4.79 Å². The van der Waals surface area contributed by atoms with Crippen molar-refractivity contribution in [2.45, 2.75) is 129 Å². The molecule has 12 nitrogen and oxygen atoms in total. The van der Waals surface area contributed by atoms with E-state index < -0.39 is 101 Å². The second-order valence-electron chi connectivity index (χ2n) is 14.3. The smallest absolute Gasteiger partial charge is 0.338 e. The molecule has 1 aliphatic heterocycles. The lowest BCUT2D eigenvalue weighted by atomic mass is 9.46. The number of carbonyl (C=O) groups is 5. The fourth-order valence-electron chi connectivity index (χ4n) is 7.90. The van der Waals surface area contributed by atoms with Crippen molar-refractivity contribution < 1.29 is 57.5 Å². The topological polar surface area (TPSA) is 161 Å². The van der Waals surface area contributed by atoms with E-state index in [4.69, 9.17) is 28.4 Å². The minimum absolute atomic E-state index is 0.0119. The molecule has 0 unspecified atom stereocenters. The first kappa shape index (κ1) is 37.3. The largest absolute Gasteiger partial charge is 0.464 e. The first-order chi connectivity index (χ1) is 22.4. The van der Waals surface area contributed by atoms with Crippen molar-refractivity contribution in [2.75, 3.05) is 6.61 Å². The average molecular weight is 675 g/mol. The molecule has 1 spiro atoms. The van der Waals surface area contributed by atoms with E-state index in [0.717, 1.165) is 0 Å². The lowest BCUT2D eigenvalue weighted by molar-refractivity contribution is -0.355. The molecule has 1 aromatic carbocycles. The van der Waals surface area contributed by atoms with Gasteiger partial charge in [-0.2, -0.15) is 0 Å². The van der Waals surface area contributed by atoms with E-state index in [2.05, 4.69) is 0 Å². The Morgan fingerprint density at radius 2 is 1.44 bits per heavy atom. The predicted octanol–water partition coefficient (Wildman–Crippen LogP) is 4.33. The molecule has 0 aromatic heterocycles. The quantitative estimate of drug-likeness (QED) is 0.262. The van der Waals surface area contributed by atoms with Crippen LogP contribution in [0.2, 0.25) is 0 Å². The molecular weight excluding hydrogens is 624 g/mol. The number of hydrogen-bond acceptors (Lipinski definition) is 12. The Bertz CT molecular complexity index is 1390. The highest BCUT2D eigenvalue weighted by Crippen LogP contribution is 2.69. The van der Waals surface area contributed by atoms with Gasteiger partial charge in [-0.1, -0.05) is 45.9 Å². The minimum Gasteiger partial charge on any atom is -0.464 e. The number of ether oxygens (including phenoxy) is 6. The summed E-state index contributed by atoms with van der Waals surface area (Å²) in [6, 6.07) is 8.12. The maximum absolute atomic E-state index is 13.9. The fraction of sp³-hybridized carbons (Fsp3) is 0.694. The summed E-state index contributed by atoms with van der Waals surface area (Å²) in [6.45, 7) is 13.9. The predicted molar refractivity (Wildman–Crippen MR) is 170 cm³/mol. The van der Waals surface area contributed by atoms with Gasteiger partial charge in [0.2, 0.25) is 0 Å². The molecule has 12 heteroatoms. The van der Waals surface area contributed by atoms with E-state index in [0.29, 0.717) is 12.8 Å². The maximum atomic E-state index is 13.9. The summed E-state index contributed by atoms with van der Waals surface area (Å²) in [7, 11) is 0.